The Kier molecular flexibility index (Phi) is 5.49. The predicted octanol–water partition coefficient (Wildman–Crippen LogP) is 4.35. The van der Waals surface area contributed by atoms with Crippen molar-refractivity contribution in [3.8, 4) is 0 Å². The molecule has 0 aliphatic rings. The first-order chi connectivity index (χ1) is 5.10. The maximum atomic E-state index is 5.66. The molecular formula is C8H16Cl2Si. The third-order valence-electron chi connectivity index (χ3n) is 2.53. The Hall–Kier alpha value is 0.537. The molecule has 3 heteroatoms. The summed E-state index contributed by atoms with van der Waals surface area (Å²) in [5.74, 6) is 0. The lowest BCUT2D eigenvalue weighted by atomic mass is 10.9. The summed E-state index contributed by atoms with van der Waals surface area (Å²) in [7, 11) is -1.21. The van der Waals surface area contributed by atoms with E-state index < -0.39 is 8.07 Å². The van der Waals surface area contributed by atoms with Crippen LogP contribution in [0.2, 0.25) is 18.1 Å². The molecule has 0 rings (SSSR count). The Balaban J connectivity index is 4.42. The van der Waals surface area contributed by atoms with E-state index in [1.165, 1.54) is 18.1 Å². The van der Waals surface area contributed by atoms with Gasteiger partial charge in [-0.15, -0.1) is 0 Å². The molecule has 0 N–H and O–H groups in total. The zero-order valence-electron chi connectivity index (χ0n) is 7.45. The fourth-order valence-electron chi connectivity index (χ4n) is 1.29. The zero-order chi connectivity index (χ0) is 8.91. The summed E-state index contributed by atoms with van der Waals surface area (Å²) < 4.78 is 0.460. The zero-order valence-corrected chi connectivity index (χ0v) is 9.97. The van der Waals surface area contributed by atoms with Gasteiger partial charge in [0, 0.05) is 0 Å². The average molecular weight is 211 g/mol. The van der Waals surface area contributed by atoms with Gasteiger partial charge in [-0.3, -0.25) is 0 Å². The highest BCUT2D eigenvalue weighted by Gasteiger charge is 2.23. The molecule has 0 amide bonds. The van der Waals surface area contributed by atoms with Gasteiger partial charge >= 0.3 is 0 Å². The molecule has 0 aliphatic heterocycles. The van der Waals surface area contributed by atoms with Crippen LogP contribution >= 0.6 is 23.2 Å². The van der Waals surface area contributed by atoms with Gasteiger partial charge in [-0.2, -0.15) is 0 Å². The van der Waals surface area contributed by atoms with Crippen LogP contribution in [0.1, 0.15) is 20.8 Å². The van der Waals surface area contributed by atoms with E-state index in [2.05, 4.69) is 26.5 Å². The summed E-state index contributed by atoms with van der Waals surface area (Å²) >= 11 is 11.3. The molecule has 0 saturated heterocycles. The molecule has 0 spiro atoms. The summed E-state index contributed by atoms with van der Waals surface area (Å²) in [4.78, 5) is 0. The van der Waals surface area contributed by atoms with E-state index in [-0.39, 0.29) is 0 Å². The van der Waals surface area contributed by atoms with Crippen LogP contribution in [0.4, 0.5) is 0 Å². The lowest BCUT2D eigenvalue weighted by molar-refractivity contribution is 1.19. The highest BCUT2D eigenvalue weighted by atomic mass is 35.5. The Morgan fingerprint density at radius 3 is 1.55 bits per heavy atom. The van der Waals surface area contributed by atoms with Crippen molar-refractivity contribution in [3.63, 3.8) is 0 Å². The molecule has 0 unspecified atom stereocenters. The quantitative estimate of drug-likeness (QED) is 0.606. The molecule has 11 heavy (non-hydrogen) atoms. The van der Waals surface area contributed by atoms with E-state index in [0.717, 1.165) is 0 Å². The first kappa shape index (κ1) is 11.5. The summed E-state index contributed by atoms with van der Waals surface area (Å²) in [5, 5.41) is 0. The van der Waals surface area contributed by atoms with E-state index >= 15 is 0 Å². The summed E-state index contributed by atoms with van der Waals surface area (Å²) in [6, 6.07) is 3.72. The Bertz CT molecular complexity index is 127. The van der Waals surface area contributed by atoms with E-state index in [4.69, 9.17) is 23.2 Å². The molecule has 0 aliphatic carbocycles. The van der Waals surface area contributed by atoms with Crippen LogP contribution < -0.4 is 0 Å². The van der Waals surface area contributed by atoms with Gasteiger partial charge in [0.2, 0.25) is 0 Å². The van der Waals surface area contributed by atoms with E-state index in [9.17, 15) is 0 Å². The minimum absolute atomic E-state index is 0.460. The Morgan fingerprint density at radius 2 is 1.45 bits per heavy atom. The molecule has 66 valence electrons. The second-order valence-electron chi connectivity index (χ2n) is 2.86. The number of hydrogen-bond donors (Lipinski definition) is 0. The standard InChI is InChI=1S/C8H16Cl2Si/c1-4-11(5-2,6-3)7-8(9)10/h7H,4-6H2,1-3H3. The predicted molar refractivity (Wildman–Crippen MR) is 57.0 cm³/mol. The Labute approximate surface area is 80.6 Å². The normalized spacial score (nSPS) is 11.4. The SMILES string of the molecule is CC[Si](C=C(Cl)Cl)(CC)CC. The third-order valence-corrected chi connectivity index (χ3v) is 8.24. The van der Waals surface area contributed by atoms with Crippen LogP contribution in [-0.4, -0.2) is 8.07 Å². The molecule has 0 heterocycles. The topological polar surface area (TPSA) is 0 Å². The molecule has 0 atom stereocenters. The lowest BCUT2D eigenvalue weighted by Crippen LogP contribution is -2.28. The van der Waals surface area contributed by atoms with Gasteiger partial charge < -0.3 is 0 Å². The highest BCUT2D eigenvalue weighted by Crippen LogP contribution is 2.25. The molecule has 0 radical (unpaired) electrons. The summed E-state index contributed by atoms with van der Waals surface area (Å²) in [5.41, 5.74) is 2.11. The first-order valence-electron chi connectivity index (χ1n) is 4.14. The molecule has 0 nitrogen and oxygen atoms in total. The van der Waals surface area contributed by atoms with Crippen molar-refractivity contribution in [1.82, 2.24) is 0 Å². The third kappa shape index (κ3) is 3.63. The van der Waals surface area contributed by atoms with Crippen molar-refractivity contribution in [2.24, 2.45) is 0 Å². The monoisotopic (exact) mass is 210 g/mol. The van der Waals surface area contributed by atoms with Gasteiger partial charge in [-0.1, -0.05) is 67.8 Å². The number of hydrogen-bond acceptors (Lipinski definition) is 0. The summed E-state index contributed by atoms with van der Waals surface area (Å²) in [6.07, 6.45) is 0. The average Bonchev–Trinajstić information content (AvgIpc) is 2.00. The van der Waals surface area contributed by atoms with Crippen LogP contribution in [0.3, 0.4) is 0 Å². The van der Waals surface area contributed by atoms with Gasteiger partial charge in [0.15, 0.2) is 0 Å². The van der Waals surface area contributed by atoms with Crippen molar-refractivity contribution in [2.75, 3.05) is 0 Å². The maximum Gasteiger partial charge on any atom is 0.0986 e. The maximum absolute atomic E-state index is 5.66. The molecule has 0 fully saturated rings. The van der Waals surface area contributed by atoms with Gasteiger partial charge in [-0.25, -0.2) is 0 Å². The fourth-order valence-corrected chi connectivity index (χ4v) is 5.25. The van der Waals surface area contributed by atoms with Crippen LogP contribution in [0.5, 0.6) is 0 Å². The van der Waals surface area contributed by atoms with Crippen LogP contribution in [0, 0.1) is 0 Å². The second kappa shape index (κ2) is 5.23. The number of halogens is 2. The highest BCUT2D eigenvalue weighted by molar-refractivity contribution is 6.86. The van der Waals surface area contributed by atoms with Gasteiger partial charge in [-0.05, 0) is 0 Å². The van der Waals surface area contributed by atoms with Crippen molar-refractivity contribution < 1.29 is 0 Å². The van der Waals surface area contributed by atoms with Crippen molar-refractivity contribution >= 4 is 31.3 Å². The van der Waals surface area contributed by atoms with Gasteiger partial charge in [0.25, 0.3) is 0 Å². The van der Waals surface area contributed by atoms with Crippen molar-refractivity contribution in [3.05, 3.63) is 10.2 Å². The fraction of sp³-hybridized carbons (Fsp3) is 0.750. The Morgan fingerprint density at radius 1 is 1.09 bits per heavy atom. The largest absolute Gasteiger partial charge is 0.0986 e. The van der Waals surface area contributed by atoms with Gasteiger partial charge in [0.05, 0.1) is 12.6 Å². The lowest BCUT2D eigenvalue weighted by Gasteiger charge is -2.23. The molecule has 0 aromatic rings. The van der Waals surface area contributed by atoms with Crippen molar-refractivity contribution in [2.45, 2.75) is 38.9 Å². The van der Waals surface area contributed by atoms with Gasteiger partial charge in [0.1, 0.15) is 0 Å². The van der Waals surface area contributed by atoms with E-state index in [0.29, 0.717) is 4.49 Å². The minimum Gasteiger partial charge on any atom is -0.0717 e. The molecule has 0 aromatic heterocycles. The summed E-state index contributed by atoms with van der Waals surface area (Å²) in [6.45, 7) is 6.69. The molecule has 0 bridgehead atoms. The van der Waals surface area contributed by atoms with Crippen LogP contribution in [0.25, 0.3) is 0 Å². The molecule has 0 saturated carbocycles. The molecule has 0 aromatic carbocycles. The smallest absolute Gasteiger partial charge is 0.0717 e. The number of rotatable bonds is 4. The van der Waals surface area contributed by atoms with Crippen molar-refractivity contribution in [1.29, 1.82) is 0 Å². The second-order valence-corrected chi connectivity index (χ2v) is 9.00. The van der Waals surface area contributed by atoms with Crippen LogP contribution in [0.15, 0.2) is 10.2 Å². The van der Waals surface area contributed by atoms with E-state index in [1.54, 1.807) is 0 Å². The minimum atomic E-state index is -1.21. The van der Waals surface area contributed by atoms with E-state index in [1.807, 2.05) is 0 Å². The molecular weight excluding hydrogens is 195 g/mol. The van der Waals surface area contributed by atoms with Crippen LogP contribution in [-0.2, 0) is 0 Å². The first-order valence-corrected chi connectivity index (χ1v) is 7.59.